The molecule has 0 aliphatic rings. The summed E-state index contributed by atoms with van der Waals surface area (Å²) in [7, 11) is 3.33. The summed E-state index contributed by atoms with van der Waals surface area (Å²) in [5, 5.41) is 13.1. The molecule has 1 amide bonds. The monoisotopic (exact) mass is 280 g/mol. The van der Waals surface area contributed by atoms with Crippen LogP contribution in [0.5, 0.6) is 0 Å². The molecular weight excluding hydrogens is 260 g/mol. The molecule has 1 aromatic rings. The van der Waals surface area contributed by atoms with Crippen molar-refractivity contribution in [2.45, 2.75) is 26.8 Å². The van der Waals surface area contributed by atoms with E-state index in [0.717, 1.165) is 0 Å². The van der Waals surface area contributed by atoms with Crippen molar-refractivity contribution in [2.75, 3.05) is 25.1 Å². The minimum absolute atomic E-state index is 0.177. The van der Waals surface area contributed by atoms with Crippen molar-refractivity contribution in [3.05, 3.63) is 10.4 Å². The number of rotatable bonds is 4. The van der Waals surface area contributed by atoms with Gasteiger partial charge >= 0.3 is 0 Å². The number of nitrogens with one attached hydrogen (secondary N) is 1. The smallest absolute Gasteiger partial charge is 0.265 e. The van der Waals surface area contributed by atoms with Crippen molar-refractivity contribution < 1.29 is 4.79 Å². The van der Waals surface area contributed by atoms with Crippen molar-refractivity contribution in [3.8, 4) is 6.07 Å². The van der Waals surface area contributed by atoms with Gasteiger partial charge in [0, 0.05) is 20.1 Å². The number of anilines is 2. The molecule has 6 heteroatoms. The first kappa shape index (κ1) is 15.3. The first-order valence-corrected chi connectivity index (χ1v) is 6.91. The summed E-state index contributed by atoms with van der Waals surface area (Å²) < 4.78 is 0. The summed E-state index contributed by atoms with van der Waals surface area (Å²) in [4.78, 5) is 13.9. The molecule has 0 aliphatic heterocycles. The summed E-state index contributed by atoms with van der Waals surface area (Å²) >= 11 is 1.24. The van der Waals surface area contributed by atoms with Gasteiger partial charge in [0.05, 0.1) is 5.69 Å². The maximum atomic E-state index is 12.0. The number of carbonyl (C=O) groups is 1. The summed E-state index contributed by atoms with van der Waals surface area (Å²) in [6, 6.07) is 2.28. The van der Waals surface area contributed by atoms with Crippen LogP contribution in [0.25, 0.3) is 0 Å². The number of nitrogens with zero attached hydrogens (tertiary/aromatic N) is 2. The Morgan fingerprint density at radius 3 is 2.42 bits per heavy atom. The lowest BCUT2D eigenvalue weighted by Gasteiger charge is -2.17. The minimum Gasteiger partial charge on any atom is -0.396 e. The maximum absolute atomic E-state index is 12.0. The zero-order valence-electron chi connectivity index (χ0n) is 11.9. The number of nitrogen functional groups attached to an aromatic ring is 1. The van der Waals surface area contributed by atoms with Crippen LogP contribution in [-0.2, 0) is 0 Å². The molecule has 1 atom stereocenters. The third-order valence-corrected chi connectivity index (χ3v) is 4.14. The number of carbonyl (C=O) groups excluding carboxylic acids is 1. The molecule has 0 saturated carbocycles. The van der Waals surface area contributed by atoms with Crippen molar-refractivity contribution in [3.63, 3.8) is 0 Å². The summed E-state index contributed by atoms with van der Waals surface area (Å²) in [5.74, 6) is 0.243. The van der Waals surface area contributed by atoms with Crippen molar-refractivity contribution in [2.24, 2.45) is 5.92 Å². The van der Waals surface area contributed by atoms with Crippen molar-refractivity contribution >= 4 is 27.9 Å². The fourth-order valence-electron chi connectivity index (χ4n) is 1.39. The van der Waals surface area contributed by atoms with Gasteiger partial charge in [0.2, 0.25) is 0 Å². The largest absolute Gasteiger partial charge is 0.396 e. The first-order valence-electron chi connectivity index (χ1n) is 6.10. The average Bonchev–Trinajstić information content (AvgIpc) is 2.64. The number of amides is 1. The van der Waals surface area contributed by atoms with Crippen LogP contribution in [0.1, 0.15) is 36.0 Å². The van der Waals surface area contributed by atoms with E-state index in [4.69, 9.17) is 5.73 Å². The SMILES string of the molecule is CC(C)C(C)Nc1sc(C(=O)N(C)C)c(N)c1C#N. The number of nitriles is 1. The Bertz CT molecular complexity index is 513. The molecule has 0 radical (unpaired) electrons. The third kappa shape index (κ3) is 3.18. The Kier molecular flexibility index (Phi) is 4.78. The van der Waals surface area contributed by atoms with Gasteiger partial charge in [0.15, 0.2) is 0 Å². The van der Waals surface area contributed by atoms with E-state index in [-0.39, 0.29) is 17.6 Å². The molecule has 19 heavy (non-hydrogen) atoms. The molecule has 5 nitrogen and oxygen atoms in total. The van der Waals surface area contributed by atoms with E-state index in [2.05, 4.69) is 25.2 Å². The zero-order valence-corrected chi connectivity index (χ0v) is 12.8. The van der Waals surface area contributed by atoms with E-state index in [9.17, 15) is 10.1 Å². The molecule has 1 aromatic heterocycles. The second-order valence-corrected chi connectivity index (χ2v) is 6.06. The van der Waals surface area contributed by atoms with Gasteiger partial charge in [-0.2, -0.15) is 5.26 Å². The molecule has 0 bridgehead atoms. The van der Waals surface area contributed by atoms with E-state index >= 15 is 0 Å². The summed E-state index contributed by atoms with van der Waals surface area (Å²) in [5.41, 5.74) is 6.54. The standard InChI is InChI=1S/C13H20N4OS/c1-7(2)8(3)16-12-9(6-14)10(15)11(19-12)13(18)17(4)5/h7-8,16H,15H2,1-5H3. The molecule has 1 rings (SSSR count). The Labute approximate surface area is 118 Å². The average molecular weight is 280 g/mol. The Hall–Kier alpha value is -1.74. The Morgan fingerprint density at radius 1 is 1.42 bits per heavy atom. The molecule has 0 fully saturated rings. The zero-order chi connectivity index (χ0) is 14.7. The van der Waals surface area contributed by atoms with Crippen LogP contribution < -0.4 is 11.1 Å². The minimum atomic E-state index is -0.177. The fourth-order valence-corrected chi connectivity index (χ4v) is 2.58. The second kappa shape index (κ2) is 5.93. The summed E-state index contributed by atoms with van der Waals surface area (Å²) in [6.45, 7) is 6.22. The maximum Gasteiger partial charge on any atom is 0.265 e. The van der Waals surface area contributed by atoms with Crippen LogP contribution in [0, 0.1) is 17.2 Å². The molecule has 3 N–H and O–H groups in total. The van der Waals surface area contributed by atoms with E-state index in [1.807, 2.05) is 6.92 Å². The van der Waals surface area contributed by atoms with Crippen LogP contribution in [-0.4, -0.2) is 30.9 Å². The predicted octanol–water partition coefficient (Wildman–Crippen LogP) is 2.36. The lowest BCUT2D eigenvalue weighted by atomic mass is 10.1. The normalized spacial score (nSPS) is 12.1. The molecule has 104 valence electrons. The van der Waals surface area contributed by atoms with E-state index in [1.54, 1.807) is 14.1 Å². The highest BCUT2D eigenvalue weighted by Crippen LogP contribution is 2.36. The van der Waals surface area contributed by atoms with E-state index in [0.29, 0.717) is 21.4 Å². The van der Waals surface area contributed by atoms with Crippen LogP contribution in [0.2, 0.25) is 0 Å². The van der Waals surface area contributed by atoms with Gasteiger partial charge in [-0.25, -0.2) is 0 Å². The Balaban J connectivity index is 3.17. The fraction of sp³-hybridized carbons (Fsp3) is 0.538. The number of hydrogen-bond donors (Lipinski definition) is 2. The molecule has 1 heterocycles. The van der Waals surface area contributed by atoms with Crippen LogP contribution >= 0.6 is 11.3 Å². The van der Waals surface area contributed by atoms with Gasteiger partial charge in [0.1, 0.15) is 21.5 Å². The van der Waals surface area contributed by atoms with E-state index in [1.165, 1.54) is 16.2 Å². The van der Waals surface area contributed by atoms with Gasteiger partial charge in [0.25, 0.3) is 5.91 Å². The molecule has 1 unspecified atom stereocenters. The molecular formula is C13H20N4OS. The third-order valence-electron chi connectivity index (χ3n) is 3.02. The topological polar surface area (TPSA) is 82.2 Å². The predicted molar refractivity (Wildman–Crippen MR) is 79.4 cm³/mol. The van der Waals surface area contributed by atoms with Gasteiger partial charge in [-0.15, -0.1) is 11.3 Å². The highest BCUT2D eigenvalue weighted by atomic mass is 32.1. The molecule has 0 aliphatic carbocycles. The number of thiophene rings is 1. The lowest BCUT2D eigenvalue weighted by Crippen LogP contribution is -2.21. The molecule has 0 aromatic carbocycles. The summed E-state index contributed by atoms with van der Waals surface area (Å²) in [6.07, 6.45) is 0. The molecule has 0 spiro atoms. The second-order valence-electron chi connectivity index (χ2n) is 5.04. The first-order chi connectivity index (χ1) is 8.79. The van der Waals surface area contributed by atoms with E-state index < -0.39 is 0 Å². The highest BCUT2D eigenvalue weighted by Gasteiger charge is 2.23. The van der Waals surface area contributed by atoms with Crippen LogP contribution in [0.4, 0.5) is 10.7 Å². The van der Waals surface area contributed by atoms with Gasteiger partial charge < -0.3 is 16.0 Å². The molecule has 0 saturated heterocycles. The van der Waals surface area contributed by atoms with Crippen molar-refractivity contribution in [1.82, 2.24) is 4.90 Å². The van der Waals surface area contributed by atoms with Crippen LogP contribution in [0.15, 0.2) is 0 Å². The Morgan fingerprint density at radius 2 is 2.00 bits per heavy atom. The van der Waals surface area contributed by atoms with Gasteiger partial charge in [-0.3, -0.25) is 4.79 Å². The number of hydrogen-bond acceptors (Lipinski definition) is 5. The highest BCUT2D eigenvalue weighted by molar-refractivity contribution is 7.18. The van der Waals surface area contributed by atoms with Crippen molar-refractivity contribution in [1.29, 1.82) is 5.26 Å². The quantitative estimate of drug-likeness (QED) is 0.887. The lowest BCUT2D eigenvalue weighted by molar-refractivity contribution is 0.0833. The number of nitrogens with two attached hydrogens (primary N) is 1. The van der Waals surface area contributed by atoms with Gasteiger partial charge in [-0.1, -0.05) is 13.8 Å². The van der Waals surface area contributed by atoms with Crippen LogP contribution in [0.3, 0.4) is 0 Å². The van der Waals surface area contributed by atoms with Gasteiger partial charge in [-0.05, 0) is 12.8 Å².